The van der Waals surface area contributed by atoms with Gasteiger partial charge in [-0.25, -0.2) is 0 Å². The second-order valence-corrected chi connectivity index (χ2v) is 4.43. The maximum Gasteiger partial charge on any atom is -0.0193 e. The van der Waals surface area contributed by atoms with Gasteiger partial charge in [-0.1, -0.05) is 35.9 Å². The Morgan fingerprint density at radius 1 is 1.31 bits per heavy atom. The molecule has 0 heterocycles. The van der Waals surface area contributed by atoms with Crippen LogP contribution in [0, 0.1) is 18.8 Å². The summed E-state index contributed by atoms with van der Waals surface area (Å²) in [5, 5.41) is 0. The van der Waals surface area contributed by atoms with Crippen molar-refractivity contribution in [3.05, 3.63) is 41.5 Å². The Hall–Kier alpha value is -1.04. The maximum atomic E-state index is 2.49. The van der Waals surface area contributed by atoms with Crippen molar-refractivity contribution in [3.63, 3.8) is 0 Å². The SMILES string of the molecule is Cc1cccc(C2=CC3CC3C2)c1. The van der Waals surface area contributed by atoms with Gasteiger partial charge in [-0.2, -0.15) is 0 Å². The third-order valence-corrected chi connectivity index (χ3v) is 3.26. The van der Waals surface area contributed by atoms with Crippen molar-refractivity contribution in [2.75, 3.05) is 0 Å². The van der Waals surface area contributed by atoms with E-state index in [0.29, 0.717) is 0 Å². The Bertz CT molecular complexity index is 373. The molecule has 13 heavy (non-hydrogen) atoms. The zero-order chi connectivity index (χ0) is 8.84. The molecule has 0 bridgehead atoms. The third kappa shape index (κ3) is 1.21. The minimum atomic E-state index is 0.940. The molecule has 3 rings (SSSR count). The number of fused-ring (bicyclic) bond motifs is 1. The highest BCUT2D eigenvalue weighted by Crippen LogP contribution is 2.52. The van der Waals surface area contributed by atoms with Crippen LogP contribution in [0.25, 0.3) is 5.57 Å². The van der Waals surface area contributed by atoms with E-state index in [0.717, 1.165) is 11.8 Å². The lowest BCUT2D eigenvalue weighted by atomic mass is 10.0. The van der Waals surface area contributed by atoms with Crippen molar-refractivity contribution in [1.29, 1.82) is 0 Å². The van der Waals surface area contributed by atoms with Gasteiger partial charge < -0.3 is 0 Å². The van der Waals surface area contributed by atoms with E-state index >= 15 is 0 Å². The smallest absolute Gasteiger partial charge is 0.0193 e. The van der Waals surface area contributed by atoms with Crippen molar-refractivity contribution < 1.29 is 0 Å². The van der Waals surface area contributed by atoms with Crippen LogP contribution < -0.4 is 0 Å². The minimum absolute atomic E-state index is 0.940. The molecule has 0 N–H and O–H groups in total. The molecule has 1 aromatic rings. The Morgan fingerprint density at radius 3 is 2.92 bits per heavy atom. The van der Waals surface area contributed by atoms with Crippen LogP contribution in [-0.2, 0) is 0 Å². The summed E-state index contributed by atoms with van der Waals surface area (Å²) in [6.45, 7) is 2.17. The van der Waals surface area contributed by atoms with Gasteiger partial charge >= 0.3 is 0 Å². The van der Waals surface area contributed by atoms with Crippen molar-refractivity contribution in [2.24, 2.45) is 11.8 Å². The fourth-order valence-electron chi connectivity index (χ4n) is 2.38. The summed E-state index contributed by atoms with van der Waals surface area (Å²) >= 11 is 0. The lowest BCUT2D eigenvalue weighted by molar-refractivity contribution is 0.862. The highest BCUT2D eigenvalue weighted by Gasteiger charge is 2.40. The van der Waals surface area contributed by atoms with E-state index in [1.807, 2.05) is 0 Å². The molecule has 0 aromatic heterocycles. The molecule has 0 aliphatic heterocycles. The number of aryl methyl sites for hydroxylation is 1. The molecule has 2 aliphatic rings. The predicted molar refractivity (Wildman–Crippen MR) is 55.4 cm³/mol. The summed E-state index contributed by atoms with van der Waals surface area (Å²) in [7, 11) is 0. The molecule has 2 aliphatic carbocycles. The first kappa shape index (κ1) is 7.37. The van der Waals surface area contributed by atoms with Gasteiger partial charge in [0.25, 0.3) is 0 Å². The van der Waals surface area contributed by atoms with Crippen LogP contribution in [-0.4, -0.2) is 0 Å². The summed E-state index contributed by atoms with van der Waals surface area (Å²) in [6.07, 6.45) is 5.27. The van der Waals surface area contributed by atoms with E-state index in [4.69, 9.17) is 0 Å². The highest BCUT2D eigenvalue weighted by atomic mass is 14.4. The topological polar surface area (TPSA) is 0 Å². The standard InChI is InChI=1S/C13H14/c1-9-3-2-4-10(5-9)11-6-12-8-13(12)7-11/h2-6,12-13H,7-8H2,1H3. The highest BCUT2D eigenvalue weighted by molar-refractivity contribution is 5.69. The molecule has 0 nitrogen and oxygen atoms in total. The second kappa shape index (κ2) is 2.47. The minimum Gasteiger partial charge on any atom is -0.0773 e. The molecule has 2 atom stereocenters. The molecule has 0 spiro atoms. The molecule has 0 saturated heterocycles. The molecule has 2 unspecified atom stereocenters. The molecule has 0 radical (unpaired) electrons. The Morgan fingerprint density at radius 2 is 2.23 bits per heavy atom. The Labute approximate surface area is 79.3 Å². The third-order valence-electron chi connectivity index (χ3n) is 3.26. The first-order valence-electron chi connectivity index (χ1n) is 5.11. The van der Waals surface area contributed by atoms with Crippen molar-refractivity contribution in [1.82, 2.24) is 0 Å². The largest absolute Gasteiger partial charge is 0.0773 e. The number of rotatable bonds is 1. The van der Waals surface area contributed by atoms with Crippen molar-refractivity contribution in [3.8, 4) is 0 Å². The molecular weight excluding hydrogens is 156 g/mol. The maximum absolute atomic E-state index is 2.49. The lowest BCUT2D eigenvalue weighted by Gasteiger charge is -2.04. The van der Waals surface area contributed by atoms with Crippen LogP contribution in [0.3, 0.4) is 0 Å². The van der Waals surface area contributed by atoms with Gasteiger partial charge in [0, 0.05) is 0 Å². The lowest BCUT2D eigenvalue weighted by Crippen LogP contribution is -1.84. The van der Waals surface area contributed by atoms with Gasteiger partial charge in [-0.15, -0.1) is 0 Å². The monoisotopic (exact) mass is 170 g/mol. The van der Waals surface area contributed by atoms with E-state index in [1.54, 1.807) is 5.57 Å². The van der Waals surface area contributed by atoms with E-state index in [9.17, 15) is 0 Å². The molecular formula is C13H14. The van der Waals surface area contributed by atoms with E-state index in [-0.39, 0.29) is 0 Å². The predicted octanol–water partition coefficient (Wildman–Crippen LogP) is 3.42. The van der Waals surface area contributed by atoms with Crippen LogP contribution in [0.2, 0.25) is 0 Å². The average molecular weight is 170 g/mol. The van der Waals surface area contributed by atoms with Crippen LogP contribution >= 0.6 is 0 Å². The first-order valence-corrected chi connectivity index (χ1v) is 5.11. The van der Waals surface area contributed by atoms with Crippen LogP contribution in [0.5, 0.6) is 0 Å². The second-order valence-electron chi connectivity index (χ2n) is 4.43. The number of benzene rings is 1. The zero-order valence-electron chi connectivity index (χ0n) is 7.96. The molecule has 1 aromatic carbocycles. The van der Waals surface area contributed by atoms with Crippen LogP contribution in [0.1, 0.15) is 24.0 Å². The Balaban J connectivity index is 1.96. The molecule has 0 heteroatoms. The number of allylic oxidation sites excluding steroid dienone is 2. The summed E-state index contributed by atoms with van der Waals surface area (Å²) in [5.74, 6) is 1.95. The summed E-state index contributed by atoms with van der Waals surface area (Å²) in [5.41, 5.74) is 4.41. The van der Waals surface area contributed by atoms with Gasteiger partial charge in [0.1, 0.15) is 0 Å². The number of hydrogen-bond acceptors (Lipinski definition) is 0. The zero-order valence-corrected chi connectivity index (χ0v) is 7.96. The van der Waals surface area contributed by atoms with E-state index in [2.05, 4.69) is 37.3 Å². The quantitative estimate of drug-likeness (QED) is 0.605. The molecule has 0 amide bonds. The number of hydrogen-bond donors (Lipinski definition) is 0. The van der Waals surface area contributed by atoms with Gasteiger partial charge in [0.05, 0.1) is 0 Å². The summed E-state index contributed by atoms with van der Waals surface area (Å²) in [6, 6.07) is 8.87. The Kier molecular flexibility index (Phi) is 1.40. The van der Waals surface area contributed by atoms with Gasteiger partial charge in [0.15, 0.2) is 0 Å². The van der Waals surface area contributed by atoms with Gasteiger partial charge in [-0.05, 0) is 42.7 Å². The molecule has 1 saturated carbocycles. The fraction of sp³-hybridized carbons (Fsp3) is 0.385. The van der Waals surface area contributed by atoms with Gasteiger partial charge in [-0.3, -0.25) is 0 Å². The van der Waals surface area contributed by atoms with E-state index < -0.39 is 0 Å². The summed E-state index contributed by atoms with van der Waals surface area (Å²) < 4.78 is 0. The van der Waals surface area contributed by atoms with Crippen molar-refractivity contribution in [2.45, 2.75) is 19.8 Å². The fourth-order valence-corrected chi connectivity index (χ4v) is 2.38. The summed E-state index contributed by atoms with van der Waals surface area (Å²) in [4.78, 5) is 0. The van der Waals surface area contributed by atoms with Crippen LogP contribution in [0.4, 0.5) is 0 Å². The normalized spacial score (nSPS) is 29.8. The van der Waals surface area contributed by atoms with E-state index in [1.165, 1.54) is 24.0 Å². The van der Waals surface area contributed by atoms with Crippen molar-refractivity contribution >= 4 is 5.57 Å². The van der Waals surface area contributed by atoms with Crippen LogP contribution in [0.15, 0.2) is 30.3 Å². The first-order chi connectivity index (χ1) is 6.33. The van der Waals surface area contributed by atoms with Gasteiger partial charge in [0.2, 0.25) is 0 Å². The average Bonchev–Trinajstić information content (AvgIpc) is 2.74. The molecule has 66 valence electrons. The molecule has 1 fully saturated rings.